The standard InChI is InChI=1S/C14H13F.C8H9F/c1-10-3-6-12(7-4-10)13-8-5-11(2)14(15)9-13;1-6-3-4-7(2)8(9)5-6/h3-9H,1-2H3;3-5H,1-2H3. The molecule has 24 heavy (non-hydrogen) atoms. The van der Waals surface area contributed by atoms with Crippen molar-refractivity contribution in [2.75, 3.05) is 0 Å². The summed E-state index contributed by atoms with van der Waals surface area (Å²) in [6, 6.07) is 18.7. The van der Waals surface area contributed by atoms with Gasteiger partial charge < -0.3 is 0 Å². The van der Waals surface area contributed by atoms with Gasteiger partial charge in [-0.1, -0.05) is 54.1 Å². The zero-order chi connectivity index (χ0) is 17.7. The minimum atomic E-state index is -0.145. The smallest absolute Gasteiger partial charge is 0.126 e. The first-order valence-electron chi connectivity index (χ1n) is 7.93. The third-order valence-electron chi connectivity index (χ3n) is 3.88. The van der Waals surface area contributed by atoms with E-state index in [1.807, 2.05) is 56.3 Å². The van der Waals surface area contributed by atoms with E-state index >= 15 is 0 Å². The van der Waals surface area contributed by atoms with Gasteiger partial charge in [0.2, 0.25) is 0 Å². The number of halogens is 2. The maximum absolute atomic E-state index is 13.3. The first-order valence-corrected chi connectivity index (χ1v) is 7.93. The van der Waals surface area contributed by atoms with E-state index in [4.69, 9.17) is 0 Å². The molecule has 0 unspecified atom stereocenters. The third kappa shape index (κ3) is 4.76. The van der Waals surface area contributed by atoms with Crippen molar-refractivity contribution in [3.63, 3.8) is 0 Å². The predicted octanol–water partition coefficient (Wildman–Crippen LogP) is 6.55. The number of rotatable bonds is 1. The lowest BCUT2D eigenvalue weighted by molar-refractivity contribution is 0.617. The Hall–Kier alpha value is -2.48. The highest BCUT2D eigenvalue weighted by Crippen LogP contribution is 2.21. The van der Waals surface area contributed by atoms with Crippen LogP contribution in [0.3, 0.4) is 0 Å². The van der Waals surface area contributed by atoms with Crippen LogP contribution >= 0.6 is 0 Å². The average molecular weight is 324 g/mol. The monoisotopic (exact) mass is 324 g/mol. The van der Waals surface area contributed by atoms with Crippen LogP contribution in [0.2, 0.25) is 0 Å². The molecule has 0 bridgehead atoms. The Bertz CT molecular complexity index is 818. The van der Waals surface area contributed by atoms with Gasteiger partial charge in [-0.25, -0.2) is 8.78 Å². The van der Waals surface area contributed by atoms with Crippen LogP contribution in [-0.2, 0) is 0 Å². The van der Waals surface area contributed by atoms with Crippen molar-refractivity contribution < 1.29 is 8.78 Å². The summed E-state index contributed by atoms with van der Waals surface area (Å²) in [7, 11) is 0. The summed E-state index contributed by atoms with van der Waals surface area (Å²) in [6.07, 6.45) is 0. The van der Waals surface area contributed by atoms with Crippen molar-refractivity contribution in [1.82, 2.24) is 0 Å². The van der Waals surface area contributed by atoms with E-state index in [0.29, 0.717) is 11.1 Å². The maximum atomic E-state index is 13.3. The quantitative estimate of drug-likeness (QED) is 0.476. The Balaban J connectivity index is 0.000000198. The highest BCUT2D eigenvalue weighted by molar-refractivity contribution is 5.64. The van der Waals surface area contributed by atoms with Crippen LogP contribution in [0.5, 0.6) is 0 Å². The molecule has 3 aromatic rings. The lowest BCUT2D eigenvalue weighted by Gasteiger charge is -2.03. The van der Waals surface area contributed by atoms with Crippen LogP contribution in [0.1, 0.15) is 22.3 Å². The second-order valence-electron chi connectivity index (χ2n) is 6.08. The molecule has 0 aliphatic carbocycles. The van der Waals surface area contributed by atoms with Gasteiger partial charge >= 0.3 is 0 Å². The minimum Gasteiger partial charge on any atom is -0.207 e. The molecule has 0 aromatic heterocycles. The van der Waals surface area contributed by atoms with Gasteiger partial charge in [-0.2, -0.15) is 0 Å². The largest absolute Gasteiger partial charge is 0.207 e. The molecule has 0 aliphatic heterocycles. The lowest BCUT2D eigenvalue weighted by Crippen LogP contribution is -1.84. The highest BCUT2D eigenvalue weighted by atomic mass is 19.1. The molecule has 0 spiro atoms. The molecule has 0 saturated heterocycles. The molecule has 3 aromatic carbocycles. The van der Waals surface area contributed by atoms with Crippen molar-refractivity contribution in [3.05, 3.63) is 94.6 Å². The van der Waals surface area contributed by atoms with Crippen molar-refractivity contribution >= 4 is 0 Å². The van der Waals surface area contributed by atoms with Crippen LogP contribution < -0.4 is 0 Å². The van der Waals surface area contributed by atoms with Crippen LogP contribution in [0.4, 0.5) is 8.78 Å². The fraction of sp³-hybridized carbons (Fsp3) is 0.182. The van der Waals surface area contributed by atoms with E-state index in [9.17, 15) is 8.78 Å². The number of aryl methyl sites for hydroxylation is 4. The third-order valence-corrected chi connectivity index (χ3v) is 3.88. The van der Waals surface area contributed by atoms with Crippen molar-refractivity contribution in [2.24, 2.45) is 0 Å². The van der Waals surface area contributed by atoms with E-state index in [2.05, 4.69) is 0 Å². The molecule has 0 heterocycles. The first kappa shape index (κ1) is 17.9. The van der Waals surface area contributed by atoms with Gasteiger partial charge in [0.05, 0.1) is 0 Å². The fourth-order valence-electron chi connectivity index (χ4n) is 2.22. The Kier molecular flexibility index (Phi) is 5.86. The summed E-state index contributed by atoms with van der Waals surface area (Å²) in [5, 5.41) is 0. The topological polar surface area (TPSA) is 0 Å². The van der Waals surface area contributed by atoms with Gasteiger partial charge in [0.1, 0.15) is 11.6 Å². The molecule has 0 amide bonds. The lowest BCUT2D eigenvalue weighted by atomic mass is 10.0. The van der Waals surface area contributed by atoms with Crippen LogP contribution in [-0.4, -0.2) is 0 Å². The summed E-state index contributed by atoms with van der Waals surface area (Å²) in [4.78, 5) is 0. The Morgan fingerprint density at radius 1 is 0.500 bits per heavy atom. The second-order valence-corrected chi connectivity index (χ2v) is 6.08. The molecule has 0 N–H and O–H groups in total. The van der Waals surface area contributed by atoms with Crippen LogP contribution in [0.15, 0.2) is 60.7 Å². The van der Waals surface area contributed by atoms with Gasteiger partial charge in [0.15, 0.2) is 0 Å². The molecule has 0 nitrogen and oxygen atoms in total. The van der Waals surface area contributed by atoms with Crippen molar-refractivity contribution in [2.45, 2.75) is 27.7 Å². The molecule has 3 rings (SSSR count). The summed E-state index contributed by atoms with van der Waals surface area (Å²) in [5.41, 5.74) is 5.56. The first-order chi connectivity index (χ1) is 11.4. The summed E-state index contributed by atoms with van der Waals surface area (Å²) >= 11 is 0. The van der Waals surface area contributed by atoms with Gasteiger partial charge in [-0.05, 0) is 67.6 Å². The zero-order valence-electron chi connectivity index (χ0n) is 14.5. The molecule has 0 fully saturated rings. The molecule has 0 saturated carbocycles. The van der Waals surface area contributed by atoms with Gasteiger partial charge in [-0.15, -0.1) is 0 Å². The van der Waals surface area contributed by atoms with E-state index in [0.717, 1.165) is 16.7 Å². The van der Waals surface area contributed by atoms with Crippen LogP contribution in [0.25, 0.3) is 11.1 Å². The number of benzene rings is 3. The average Bonchev–Trinajstić information content (AvgIpc) is 2.55. The van der Waals surface area contributed by atoms with E-state index in [1.54, 1.807) is 26.0 Å². The molecular weight excluding hydrogens is 302 g/mol. The van der Waals surface area contributed by atoms with Gasteiger partial charge in [-0.3, -0.25) is 0 Å². The fourth-order valence-corrected chi connectivity index (χ4v) is 2.22. The molecule has 0 radical (unpaired) electrons. The second kappa shape index (κ2) is 7.87. The van der Waals surface area contributed by atoms with E-state index in [1.165, 1.54) is 11.6 Å². The Morgan fingerprint density at radius 3 is 1.46 bits per heavy atom. The highest BCUT2D eigenvalue weighted by Gasteiger charge is 2.01. The molecule has 2 heteroatoms. The molecule has 0 aliphatic rings. The minimum absolute atomic E-state index is 0.116. The molecule has 0 atom stereocenters. The number of hydrogen-bond acceptors (Lipinski definition) is 0. The van der Waals surface area contributed by atoms with Crippen molar-refractivity contribution in [3.8, 4) is 11.1 Å². The SMILES string of the molecule is Cc1ccc(-c2ccc(C)c(F)c2)cc1.Cc1ccc(C)c(F)c1. The zero-order valence-corrected chi connectivity index (χ0v) is 14.5. The van der Waals surface area contributed by atoms with E-state index < -0.39 is 0 Å². The predicted molar refractivity (Wildman–Crippen MR) is 97.2 cm³/mol. The van der Waals surface area contributed by atoms with Gasteiger partial charge in [0, 0.05) is 0 Å². The van der Waals surface area contributed by atoms with Crippen LogP contribution in [0, 0.1) is 39.3 Å². The maximum Gasteiger partial charge on any atom is 0.126 e. The summed E-state index contributed by atoms with van der Waals surface area (Å²) < 4.78 is 25.9. The van der Waals surface area contributed by atoms with Gasteiger partial charge in [0.25, 0.3) is 0 Å². The normalized spacial score (nSPS) is 10.1. The Morgan fingerprint density at radius 2 is 0.958 bits per heavy atom. The molecular formula is C22H22F2. The van der Waals surface area contributed by atoms with Crippen molar-refractivity contribution in [1.29, 1.82) is 0 Å². The number of hydrogen-bond donors (Lipinski definition) is 0. The Labute approximate surface area is 142 Å². The molecule has 124 valence electrons. The van der Waals surface area contributed by atoms with E-state index in [-0.39, 0.29) is 11.6 Å². The summed E-state index contributed by atoms with van der Waals surface area (Å²) in [6.45, 7) is 7.45. The summed E-state index contributed by atoms with van der Waals surface area (Å²) in [5.74, 6) is -0.261.